The number of pyridine rings is 1. The second-order valence-electron chi connectivity index (χ2n) is 2.90. The molecule has 0 aliphatic rings. The van der Waals surface area contributed by atoms with Crippen molar-refractivity contribution in [3.63, 3.8) is 0 Å². The van der Waals surface area contributed by atoms with Gasteiger partial charge in [-0.25, -0.2) is 0 Å². The number of hydrogen-bond acceptors (Lipinski definition) is 3. The lowest BCUT2D eigenvalue weighted by atomic mass is 10.1. The van der Waals surface area contributed by atoms with E-state index in [1.165, 1.54) is 6.20 Å². The lowest BCUT2D eigenvalue weighted by molar-refractivity contribution is 0.0999. The Bertz CT molecular complexity index is 508. The predicted octanol–water partition coefficient (Wildman–Crippen LogP) is 1.04. The highest BCUT2D eigenvalue weighted by atomic mass is 16.3. The third-order valence-electron chi connectivity index (χ3n) is 2.00. The molecule has 1 heterocycles. The second-order valence-corrected chi connectivity index (χ2v) is 2.90. The number of benzene rings is 1. The molecule has 0 atom stereocenters. The van der Waals surface area contributed by atoms with Gasteiger partial charge in [0.2, 0.25) is 0 Å². The molecule has 14 heavy (non-hydrogen) atoms. The number of fused-ring (bicyclic) bond motifs is 1. The number of aromatic hydroxyl groups is 1. The van der Waals surface area contributed by atoms with E-state index < -0.39 is 5.91 Å². The van der Waals surface area contributed by atoms with Crippen LogP contribution in [0.1, 0.15) is 10.4 Å². The summed E-state index contributed by atoms with van der Waals surface area (Å²) in [5.74, 6) is -0.836. The predicted molar refractivity (Wildman–Crippen MR) is 51.9 cm³/mol. The number of carbonyl (C=O) groups excluding carboxylic acids is 1. The fourth-order valence-corrected chi connectivity index (χ4v) is 1.39. The Morgan fingerprint density at radius 1 is 1.36 bits per heavy atom. The lowest BCUT2D eigenvalue weighted by Gasteiger charge is -2.03. The number of carbonyl (C=O) groups is 1. The second kappa shape index (κ2) is 2.99. The van der Waals surface area contributed by atoms with Gasteiger partial charge in [-0.15, -0.1) is 0 Å². The van der Waals surface area contributed by atoms with Gasteiger partial charge in [0.1, 0.15) is 5.75 Å². The molecule has 1 amide bonds. The van der Waals surface area contributed by atoms with Gasteiger partial charge in [-0.05, 0) is 6.07 Å². The van der Waals surface area contributed by atoms with Crippen molar-refractivity contribution in [2.45, 2.75) is 0 Å². The smallest absolute Gasteiger partial charge is 0.253 e. The van der Waals surface area contributed by atoms with Gasteiger partial charge in [-0.1, -0.05) is 18.2 Å². The molecule has 70 valence electrons. The van der Waals surface area contributed by atoms with Gasteiger partial charge in [0.25, 0.3) is 5.91 Å². The van der Waals surface area contributed by atoms with Crippen molar-refractivity contribution in [3.05, 3.63) is 36.0 Å². The fraction of sp³-hybridized carbons (Fsp3) is 0. The molecule has 0 unspecified atom stereocenters. The number of amides is 1. The molecule has 0 aliphatic heterocycles. The Morgan fingerprint density at radius 2 is 2.07 bits per heavy atom. The number of primary amides is 1. The summed E-state index contributed by atoms with van der Waals surface area (Å²) in [4.78, 5) is 15.0. The maximum Gasteiger partial charge on any atom is 0.253 e. The van der Waals surface area contributed by atoms with E-state index in [-0.39, 0.29) is 11.3 Å². The molecule has 3 N–H and O–H groups in total. The van der Waals surface area contributed by atoms with E-state index in [2.05, 4.69) is 4.98 Å². The molecular formula is C10H8N2O2. The van der Waals surface area contributed by atoms with Crippen molar-refractivity contribution < 1.29 is 9.90 Å². The quantitative estimate of drug-likeness (QED) is 0.701. The Morgan fingerprint density at radius 3 is 2.79 bits per heavy atom. The van der Waals surface area contributed by atoms with E-state index in [0.29, 0.717) is 10.9 Å². The first-order valence-corrected chi connectivity index (χ1v) is 4.06. The lowest BCUT2D eigenvalue weighted by Crippen LogP contribution is -2.12. The van der Waals surface area contributed by atoms with Gasteiger partial charge in [-0.3, -0.25) is 9.78 Å². The van der Waals surface area contributed by atoms with Gasteiger partial charge in [0.05, 0.1) is 17.3 Å². The van der Waals surface area contributed by atoms with Crippen molar-refractivity contribution in [3.8, 4) is 5.75 Å². The minimum atomic E-state index is -0.652. The normalized spacial score (nSPS) is 10.3. The van der Waals surface area contributed by atoms with Gasteiger partial charge >= 0.3 is 0 Å². The van der Waals surface area contributed by atoms with Crippen molar-refractivity contribution in [1.82, 2.24) is 4.98 Å². The van der Waals surface area contributed by atoms with Crippen molar-refractivity contribution in [2.24, 2.45) is 5.73 Å². The van der Waals surface area contributed by atoms with E-state index in [0.717, 1.165) is 0 Å². The molecule has 0 saturated heterocycles. The summed E-state index contributed by atoms with van der Waals surface area (Å²) in [6.07, 6.45) is 1.22. The molecule has 2 rings (SSSR count). The third kappa shape index (κ3) is 1.17. The fourth-order valence-electron chi connectivity index (χ4n) is 1.39. The van der Waals surface area contributed by atoms with Crippen LogP contribution in [0, 0.1) is 0 Å². The van der Waals surface area contributed by atoms with Crippen LogP contribution >= 0.6 is 0 Å². The summed E-state index contributed by atoms with van der Waals surface area (Å²) in [6.45, 7) is 0. The van der Waals surface area contributed by atoms with E-state index in [4.69, 9.17) is 5.73 Å². The topological polar surface area (TPSA) is 76.2 Å². The van der Waals surface area contributed by atoms with E-state index in [1.807, 2.05) is 0 Å². The maximum atomic E-state index is 11.1. The zero-order valence-electron chi connectivity index (χ0n) is 7.27. The number of hydrogen-bond donors (Lipinski definition) is 2. The molecule has 1 aromatic carbocycles. The number of nitrogens with zero attached hydrogens (tertiary/aromatic N) is 1. The molecule has 0 radical (unpaired) electrons. The first kappa shape index (κ1) is 8.50. The van der Waals surface area contributed by atoms with Crippen molar-refractivity contribution in [2.75, 3.05) is 0 Å². The molecule has 2 aromatic rings. The molecule has 4 heteroatoms. The highest BCUT2D eigenvalue weighted by Crippen LogP contribution is 2.23. The van der Waals surface area contributed by atoms with Gasteiger partial charge in [-0.2, -0.15) is 0 Å². The molecular weight excluding hydrogens is 180 g/mol. The van der Waals surface area contributed by atoms with Crippen LogP contribution in [0.25, 0.3) is 10.9 Å². The monoisotopic (exact) mass is 188 g/mol. The summed E-state index contributed by atoms with van der Waals surface area (Å²) in [5.41, 5.74) is 5.91. The molecule has 0 spiro atoms. The minimum Gasteiger partial charge on any atom is -0.505 e. The van der Waals surface area contributed by atoms with Crippen LogP contribution in [0.5, 0.6) is 5.75 Å². The summed E-state index contributed by atoms with van der Waals surface area (Å²) < 4.78 is 0. The van der Waals surface area contributed by atoms with Crippen LogP contribution in [0.15, 0.2) is 30.5 Å². The van der Waals surface area contributed by atoms with Crippen LogP contribution in [0.4, 0.5) is 0 Å². The molecule has 1 aromatic heterocycles. The Balaban J connectivity index is 2.90. The first-order chi connectivity index (χ1) is 6.70. The number of rotatable bonds is 1. The Labute approximate surface area is 80.0 Å². The summed E-state index contributed by atoms with van der Waals surface area (Å²) >= 11 is 0. The minimum absolute atomic E-state index is 0.121. The van der Waals surface area contributed by atoms with E-state index >= 15 is 0 Å². The highest BCUT2D eigenvalue weighted by Gasteiger charge is 2.12. The maximum absolute atomic E-state index is 11.1. The van der Waals surface area contributed by atoms with Crippen LogP contribution in [0.3, 0.4) is 0 Å². The highest BCUT2D eigenvalue weighted by molar-refractivity contribution is 6.07. The van der Waals surface area contributed by atoms with E-state index in [9.17, 15) is 9.90 Å². The largest absolute Gasteiger partial charge is 0.505 e. The van der Waals surface area contributed by atoms with Crippen molar-refractivity contribution in [1.29, 1.82) is 0 Å². The number of nitrogens with two attached hydrogens (primary N) is 1. The van der Waals surface area contributed by atoms with Gasteiger partial charge in [0.15, 0.2) is 0 Å². The standard InChI is InChI=1S/C10H8N2O2/c11-10(14)9-6-3-1-2-4-7(6)12-5-8(9)13/h1-5,13H,(H2,11,14). The SMILES string of the molecule is NC(=O)c1c(O)cnc2ccccc12. The van der Waals surface area contributed by atoms with E-state index in [1.54, 1.807) is 24.3 Å². The first-order valence-electron chi connectivity index (χ1n) is 4.06. The van der Waals surface area contributed by atoms with Crippen molar-refractivity contribution >= 4 is 16.8 Å². The zero-order chi connectivity index (χ0) is 10.1. The molecule has 0 fully saturated rings. The zero-order valence-corrected chi connectivity index (χ0v) is 7.27. The summed E-state index contributed by atoms with van der Waals surface area (Å²) in [7, 11) is 0. The van der Waals surface area contributed by atoms with Crippen LogP contribution < -0.4 is 5.73 Å². The average molecular weight is 188 g/mol. The van der Waals surface area contributed by atoms with Gasteiger partial charge in [0, 0.05) is 5.39 Å². The average Bonchev–Trinajstić information content (AvgIpc) is 2.17. The summed E-state index contributed by atoms with van der Waals surface area (Å²) in [5, 5.41) is 9.99. The van der Waals surface area contributed by atoms with Crippen LogP contribution in [-0.4, -0.2) is 16.0 Å². The van der Waals surface area contributed by atoms with Crippen LogP contribution in [0.2, 0.25) is 0 Å². The molecule has 0 saturated carbocycles. The van der Waals surface area contributed by atoms with Gasteiger partial charge < -0.3 is 10.8 Å². The summed E-state index contributed by atoms with van der Waals surface area (Å²) in [6, 6.07) is 7.01. The molecule has 0 bridgehead atoms. The number of aromatic nitrogens is 1. The molecule has 0 aliphatic carbocycles. The number of para-hydroxylation sites is 1. The Kier molecular flexibility index (Phi) is 1.81. The van der Waals surface area contributed by atoms with Crippen LogP contribution in [-0.2, 0) is 0 Å². The third-order valence-corrected chi connectivity index (χ3v) is 2.00. The molecule has 4 nitrogen and oxygen atoms in total. The Hall–Kier alpha value is -2.10.